The van der Waals surface area contributed by atoms with Crippen molar-refractivity contribution in [1.82, 2.24) is 0 Å². The van der Waals surface area contributed by atoms with Gasteiger partial charge in [-0.05, 0) is 13.8 Å². The maximum atomic E-state index is 13.2. The van der Waals surface area contributed by atoms with Crippen LogP contribution < -0.4 is 0 Å². The molecule has 0 saturated heterocycles. The zero-order valence-electron chi connectivity index (χ0n) is 9.30. The number of hydrogen-bond acceptors (Lipinski definition) is 4. The van der Waals surface area contributed by atoms with Gasteiger partial charge < -0.3 is 14.2 Å². The molecule has 0 fully saturated rings. The average molecular weight is 226 g/mol. The van der Waals surface area contributed by atoms with Gasteiger partial charge in [0.1, 0.15) is 0 Å². The standard InChI is InChI=1S/C9H16F2O4/c1-5-15-7(12)9(10,11)6-8(2,13-3)14-4/h5-6H2,1-4H3. The Morgan fingerprint density at radius 3 is 2.07 bits per heavy atom. The number of esters is 1. The number of alkyl halides is 2. The fourth-order valence-corrected chi connectivity index (χ4v) is 0.940. The highest BCUT2D eigenvalue weighted by Crippen LogP contribution is 2.29. The van der Waals surface area contributed by atoms with Gasteiger partial charge in [0.05, 0.1) is 13.0 Å². The Balaban J connectivity index is 4.54. The van der Waals surface area contributed by atoms with Gasteiger partial charge in [-0.15, -0.1) is 0 Å². The summed E-state index contributed by atoms with van der Waals surface area (Å²) in [7, 11) is 2.45. The number of carbonyl (C=O) groups is 1. The summed E-state index contributed by atoms with van der Waals surface area (Å²) in [4.78, 5) is 10.9. The smallest absolute Gasteiger partial charge is 0.377 e. The van der Waals surface area contributed by atoms with E-state index in [9.17, 15) is 13.6 Å². The van der Waals surface area contributed by atoms with Crippen LogP contribution in [0.5, 0.6) is 0 Å². The van der Waals surface area contributed by atoms with Crippen molar-refractivity contribution >= 4 is 5.97 Å². The maximum Gasteiger partial charge on any atom is 0.377 e. The van der Waals surface area contributed by atoms with Crippen molar-refractivity contribution in [1.29, 1.82) is 0 Å². The van der Waals surface area contributed by atoms with Crippen LogP contribution >= 0.6 is 0 Å². The normalized spacial score (nSPS) is 12.7. The summed E-state index contributed by atoms with van der Waals surface area (Å²) in [6.07, 6.45) is -0.883. The monoisotopic (exact) mass is 226 g/mol. The Morgan fingerprint density at radius 1 is 1.27 bits per heavy atom. The van der Waals surface area contributed by atoms with Gasteiger partial charge in [0.2, 0.25) is 0 Å². The van der Waals surface area contributed by atoms with Gasteiger partial charge in [-0.3, -0.25) is 0 Å². The van der Waals surface area contributed by atoms with E-state index in [-0.39, 0.29) is 6.61 Å². The van der Waals surface area contributed by atoms with Crippen molar-refractivity contribution in [3.8, 4) is 0 Å². The van der Waals surface area contributed by atoms with E-state index in [4.69, 9.17) is 9.47 Å². The number of halogens is 2. The van der Waals surface area contributed by atoms with Crippen LogP contribution in [0.25, 0.3) is 0 Å². The largest absolute Gasteiger partial charge is 0.462 e. The van der Waals surface area contributed by atoms with Gasteiger partial charge in [0.15, 0.2) is 5.79 Å². The predicted octanol–water partition coefficient (Wildman–Crippen LogP) is 1.58. The first-order valence-electron chi connectivity index (χ1n) is 4.46. The summed E-state index contributed by atoms with van der Waals surface area (Å²) in [5.41, 5.74) is 0. The summed E-state index contributed by atoms with van der Waals surface area (Å²) >= 11 is 0. The van der Waals surface area contributed by atoms with E-state index >= 15 is 0 Å². The minimum absolute atomic E-state index is 0.0922. The number of methoxy groups -OCH3 is 2. The molecular weight excluding hydrogens is 210 g/mol. The van der Waals surface area contributed by atoms with E-state index in [2.05, 4.69) is 4.74 Å². The van der Waals surface area contributed by atoms with Crippen LogP contribution in [0.4, 0.5) is 8.78 Å². The lowest BCUT2D eigenvalue weighted by Crippen LogP contribution is -2.42. The van der Waals surface area contributed by atoms with Crippen LogP contribution in [0.1, 0.15) is 20.3 Å². The second kappa shape index (κ2) is 5.37. The molecule has 15 heavy (non-hydrogen) atoms. The molecule has 0 aromatic heterocycles. The Bertz CT molecular complexity index is 214. The molecule has 0 unspecified atom stereocenters. The molecule has 90 valence electrons. The summed E-state index contributed by atoms with van der Waals surface area (Å²) in [5, 5.41) is 0. The number of hydrogen-bond donors (Lipinski definition) is 0. The number of carbonyl (C=O) groups excluding carboxylic acids is 1. The molecule has 0 atom stereocenters. The zero-order valence-corrected chi connectivity index (χ0v) is 9.30. The molecule has 0 aromatic rings. The van der Waals surface area contributed by atoms with Gasteiger partial charge in [-0.1, -0.05) is 0 Å². The number of rotatable bonds is 6. The molecule has 0 radical (unpaired) electrons. The molecule has 0 aliphatic carbocycles. The van der Waals surface area contributed by atoms with E-state index < -0.39 is 24.1 Å². The Hall–Kier alpha value is -0.750. The highest BCUT2D eigenvalue weighted by molar-refractivity contribution is 5.77. The average Bonchev–Trinajstić information content (AvgIpc) is 2.17. The van der Waals surface area contributed by atoms with Gasteiger partial charge >= 0.3 is 11.9 Å². The van der Waals surface area contributed by atoms with Gasteiger partial charge in [-0.2, -0.15) is 8.78 Å². The first kappa shape index (κ1) is 14.2. The molecule has 0 saturated carbocycles. The first-order valence-corrected chi connectivity index (χ1v) is 4.46. The lowest BCUT2D eigenvalue weighted by Gasteiger charge is -2.29. The SMILES string of the molecule is CCOC(=O)C(F)(F)CC(C)(OC)OC. The summed E-state index contributed by atoms with van der Waals surface area (Å²) in [5.74, 6) is -6.68. The van der Waals surface area contributed by atoms with Crippen LogP contribution in [0.3, 0.4) is 0 Å². The fraction of sp³-hybridized carbons (Fsp3) is 0.889. The molecule has 0 spiro atoms. The molecule has 0 N–H and O–H groups in total. The van der Waals surface area contributed by atoms with Crippen molar-refractivity contribution in [3.63, 3.8) is 0 Å². The third-order valence-electron chi connectivity index (χ3n) is 1.98. The van der Waals surface area contributed by atoms with E-state index in [1.165, 1.54) is 28.1 Å². The van der Waals surface area contributed by atoms with Crippen molar-refractivity contribution in [2.24, 2.45) is 0 Å². The lowest BCUT2D eigenvalue weighted by atomic mass is 10.1. The quantitative estimate of drug-likeness (QED) is 0.509. The van der Waals surface area contributed by atoms with Crippen molar-refractivity contribution < 1.29 is 27.8 Å². The van der Waals surface area contributed by atoms with Crippen LogP contribution in [-0.4, -0.2) is 38.5 Å². The molecule has 0 bridgehead atoms. The van der Waals surface area contributed by atoms with Gasteiger partial charge in [0.25, 0.3) is 0 Å². The minimum atomic E-state index is -3.61. The topological polar surface area (TPSA) is 44.8 Å². The molecule has 0 heterocycles. The molecule has 0 aliphatic heterocycles. The van der Waals surface area contributed by atoms with Gasteiger partial charge in [-0.25, -0.2) is 4.79 Å². The van der Waals surface area contributed by atoms with Crippen molar-refractivity contribution in [2.45, 2.75) is 32.0 Å². The summed E-state index contributed by atoms with van der Waals surface area (Å²) in [6.45, 7) is 2.69. The fourth-order valence-electron chi connectivity index (χ4n) is 0.940. The highest BCUT2D eigenvalue weighted by atomic mass is 19.3. The third kappa shape index (κ3) is 4.09. The Kier molecular flexibility index (Phi) is 5.10. The maximum absolute atomic E-state index is 13.2. The molecular formula is C9H16F2O4. The second-order valence-corrected chi connectivity index (χ2v) is 3.14. The predicted molar refractivity (Wildman–Crippen MR) is 48.6 cm³/mol. The van der Waals surface area contributed by atoms with Crippen molar-refractivity contribution in [2.75, 3.05) is 20.8 Å². The molecule has 0 rings (SSSR count). The van der Waals surface area contributed by atoms with Crippen LogP contribution in [0.15, 0.2) is 0 Å². The molecule has 0 aliphatic rings. The first-order chi connectivity index (χ1) is 6.81. The van der Waals surface area contributed by atoms with Crippen LogP contribution in [-0.2, 0) is 19.0 Å². The highest BCUT2D eigenvalue weighted by Gasteiger charge is 2.47. The molecule has 4 nitrogen and oxygen atoms in total. The Labute approximate surface area is 87.5 Å². The molecule has 6 heteroatoms. The molecule has 0 aromatic carbocycles. The Morgan fingerprint density at radius 2 is 1.73 bits per heavy atom. The van der Waals surface area contributed by atoms with Crippen LogP contribution in [0.2, 0.25) is 0 Å². The molecule has 0 amide bonds. The number of ether oxygens (including phenoxy) is 3. The minimum Gasteiger partial charge on any atom is -0.462 e. The van der Waals surface area contributed by atoms with Gasteiger partial charge in [0, 0.05) is 14.2 Å². The lowest BCUT2D eigenvalue weighted by molar-refractivity contribution is -0.236. The van der Waals surface area contributed by atoms with E-state index in [0.717, 1.165) is 0 Å². The zero-order chi connectivity index (χ0) is 12.1. The third-order valence-corrected chi connectivity index (χ3v) is 1.98. The van der Waals surface area contributed by atoms with Crippen LogP contribution in [0, 0.1) is 0 Å². The van der Waals surface area contributed by atoms with E-state index in [1.54, 1.807) is 0 Å². The summed E-state index contributed by atoms with van der Waals surface area (Å²) < 4.78 is 40.2. The van der Waals surface area contributed by atoms with E-state index in [0.29, 0.717) is 0 Å². The van der Waals surface area contributed by atoms with Crippen molar-refractivity contribution in [3.05, 3.63) is 0 Å². The second-order valence-electron chi connectivity index (χ2n) is 3.14. The van der Waals surface area contributed by atoms with E-state index in [1.807, 2.05) is 0 Å². The summed E-state index contributed by atoms with van der Waals surface area (Å²) in [6, 6.07) is 0.